The highest BCUT2D eigenvalue weighted by molar-refractivity contribution is 5.95. The molecule has 0 radical (unpaired) electrons. The van der Waals surface area contributed by atoms with Gasteiger partial charge in [0.1, 0.15) is 0 Å². The fourth-order valence-electron chi connectivity index (χ4n) is 3.52. The predicted molar refractivity (Wildman–Crippen MR) is 82.1 cm³/mol. The average molecular weight is 272 g/mol. The molecule has 1 fully saturated rings. The molecule has 0 spiro atoms. The molecule has 2 atom stereocenters. The lowest BCUT2D eigenvalue weighted by Crippen LogP contribution is -2.31. The third-order valence-corrected chi connectivity index (χ3v) is 4.68. The molecule has 20 heavy (non-hydrogen) atoms. The highest BCUT2D eigenvalue weighted by Gasteiger charge is 2.20. The summed E-state index contributed by atoms with van der Waals surface area (Å²) in [6, 6.07) is 6.01. The number of benzene rings is 1. The van der Waals surface area contributed by atoms with Crippen LogP contribution in [0.15, 0.2) is 18.2 Å². The average Bonchev–Trinajstić information content (AvgIpc) is 2.92. The zero-order valence-electron chi connectivity index (χ0n) is 12.2. The molecule has 1 amide bonds. The van der Waals surface area contributed by atoms with Crippen LogP contribution in [0, 0.1) is 11.8 Å². The van der Waals surface area contributed by atoms with Crippen LogP contribution in [0.4, 0.5) is 5.69 Å². The van der Waals surface area contributed by atoms with E-state index in [1.807, 2.05) is 12.1 Å². The molecule has 0 bridgehead atoms. The number of hydrogen-bond donors (Lipinski definition) is 2. The second-order valence-corrected chi connectivity index (χ2v) is 6.40. The van der Waals surface area contributed by atoms with Crippen molar-refractivity contribution in [3.05, 3.63) is 29.3 Å². The van der Waals surface area contributed by atoms with Gasteiger partial charge in [-0.15, -0.1) is 0 Å². The van der Waals surface area contributed by atoms with Gasteiger partial charge in [-0.25, -0.2) is 0 Å². The lowest BCUT2D eigenvalue weighted by Gasteiger charge is -2.26. The van der Waals surface area contributed by atoms with E-state index in [9.17, 15) is 4.79 Å². The van der Waals surface area contributed by atoms with Gasteiger partial charge in [0.15, 0.2) is 0 Å². The van der Waals surface area contributed by atoms with Crippen molar-refractivity contribution in [3.63, 3.8) is 0 Å². The van der Waals surface area contributed by atoms with E-state index in [2.05, 4.69) is 23.6 Å². The number of anilines is 1. The Hall–Kier alpha value is -1.51. The van der Waals surface area contributed by atoms with Crippen LogP contribution >= 0.6 is 0 Å². The number of hydrogen-bond acceptors (Lipinski definition) is 2. The van der Waals surface area contributed by atoms with Gasteiger partial charge in [0.25, 0.3) is 5.91 Å². The number of carbonyl (C=O) groups is 1. The highest BCUT2D eigenvalue weighted by atomic mass is 16.1. The maximum absolute atomic E-state index is 12.2. The standard InChI is InChI=1S/C17H24N2O/c1-12-3-2-4-13(9-12)11-19-17(20)15-6-5-14-7-8-18-16(14)10-15/h5-6,10,12-13,18H,2-4,7-9,11H2,1H3,(H,19,20). The quantitative estimate of drug-likeness (QED) is 0.887. The summed E-state index contributed by atoms with van der Waals surface area (Å²) in [5, 5.41) is 6.44. The minimum atomic E-state index is 0.0692. The van der Waals surface area contributed by atoms with Crippen molar-refractivity contribution >= 4 is 11.6 Å². The summed E-state index contributed by atoms with van der Waals surface area (Å²) >= 11 is 0. The molecule has 3 heteroatoms. The van der Waals surface area contributed by atoms with E-state index in [4.69, 9.17) is 0 Å². The van der Waals surface area contributed by atoms with Crippen LogP contribution in [0.2, 0.25) is 0 Å². The number of amides is 1. The van der Waals surface area contributed by atoms with Crippen LogP contribution < -0.4 is 10.6 Å². The third-order valence-electron chi connectivity index (χ3n) is 4.68. The fourth-order valence-corrected chi connectivity index (χ4v) is 3.52. The molecule has 108 valence electrons. The molecule has 1 aromatic rings. The normalized spacial score (nSPS) is 24.9. The van der Waals surface area contributed by atoms with E-state index in [0.717, 1.165) is 36.7 Å². The van der Waals surface area contributed by atoms with Crippen LogP contribution in [-0.2, 0) is 6.42 Å². The first kappa shape index (κ1) is 13.5. The molecule has 2 unspecified atom stereocenters. The summed E-state index contributed by atoms with van der Waals surface area (Å²) in [5.74, 6) is 1.55. The maximum atomic E-state index is 12.2. The van der Waals surface area contributed by atoms with Crippen LogP contribution in [0.1, 0.15) is 48.5 Å². The van der Waals surface area contributed by atoms with E-state index in [0.29, 0.717) is 5.92 Å². The summed E-state index contributed by atoms with van der Waals surface area (Å²) in [7, 11) is 0. The lowest BCUT2D eigenvalue weighted by molar-refractivity contribution is 0.0940. The minimum Gasteiger partial charge on any atom is -0.384 e. The zero-order chi connectivity index (χ0) is 13.9. The summed E-state index contributed by atoms with van der Waals surface area (Å²) in [5.41, 5.74) is 3.23. The SMILES string of the molecule is CC1CCCC(CNC(=O)c2ccc3c(c2)NCC3)C1. The molecular weight excluding hydrogens is 248 g/mol. The molecule has 1 heterocycles. The Morgan fingerprint density at radius 2 is 2.30 bits per heavy atom. The Morgan fingerprint density at radius 1 is 1.40 bits per heavy atom. The van der Waals surface area contributed by atoms with Crippen molar-refractivity contribution in [1.29, 1.82) is 0 Å². The predicted octanol–water partition coefficient (Wildman–Crippen LogP) is 3.21. The van der Waals surface area contributed by atoms with Crippen LogP contribution in [0.25, 0.3) is 0 Å². The van der Waals surface area contributed by atoms with Gasteiger partial charge < -0.3 is 10.6 Å². The van der Waals surface area contributed by atoms with Gasteiger partial charge in [-0.3, -0.25) is 4.79 Å². The number of carbonyl (C=O) groups excluding carboxylic acids is 1. The second-order valence-electron chi connectivity index (χ2n) is 6.40. The van der Waals surface area contributed by atoms with Gasteiger partial charge in [-0.2, -0.15) is 0 Å². The van der Waals surface area contributed by atoms with Crippen molar-refractivity contribution in [3.8, 4) is 0 Å². The van der Waals surface area contributed by atoms with Gasteiger partial charge in [0.05, 0.1) is 0 Å². The first-order chi connectivity index (χ1) is 9.72. The Morgan fingerprint density at radius 3 is 3.15 bits per heavy atom. The first-order valence-electron chi connectivity index (χ1n) is 7.87. The van der Waals surface area contributed by atoms with Crippen molar-refractivity contribution in [1.82, 2.24) is 5.32 Å². The number of nitrogens with one attached hydrogen (secondary N) is 2. The molecule has 1 aliphatic carbocycles. The molecule has 3 nitrogen and oxygen atoms in total. The largest absolute Gasteiger partial charge is 0.384 e. The second kappa shape index (κ2) is 5.86. The highest BCUT2D eigenvalue weighted by Crippen LogP contribution is 2.28. The van der Waals surface area contributed by atoms with Crippen molar-refractivity contribution in [2.45, 2.75) is 39.0 Å². The van der Waals surface area contributed by atoms with Crippen LogP contribution in [0.3, 0.4) is 0 Å². The first-order valence-corrected chi connectivity index (χ1v) is 7.87. The van der Waals surface area contributed by atoms with E-state index < -0.39 is 0 Å². The topological polar surface area (TPSA) is 41.1 Å². The maximum Gasteiger partial charge on any atom is 0.251 e. The van der Waals surface area contributed by atoms with Crippen LogP contribution in [-0.4, -0.2) is 19.0 Å². The van der Waals surface area contributed by atoms with Gasteiger partial charge in [-0.05, 0) is 48.8 Å². The monoisotopic (exact) mass is 272 g/mol. The minimum absolute atomic E-state index is 0.0692. The number of rotatable bonds is 3. The molecule has 3 rings (SSSR count). The molecule has 0 saturated heterocycles. The van der Waals surface area contributed by atoms with E-state index in [-0.39, 0.29) is 5.91 Å². The smallest absolute Gasteiger partial charge is 0.251 e. The summed E-state index contributed by atoms with van der Waals surface area (Å²) in [4.78, 5) is 12.2. The van der Waals surface area contributed by atoms with E-state index >= 15 is 0 Å². The van der Waals surface area contributed by atoms with Gasteiger partial charge in [0, 0.05) is 24.3 Å². The molecule has 2 N–H and O–H groups in total. The van der Waals surface area contributed by atoms with Gasteiger partial charge >= 0.3 is 0 Å². The van der Waals surface area contributed by atoms with E-state index in [1.54, 1.807) is 0 Å². The van der Waals surface area contributed by atoms with E-state index in [1.165, 1.54) is 31.2 Å². The molecule has 2 aliphatic rings. The Bertz CT molecular complexity index is 498. The van der Waals surface area contributed by atoms with Crippen LogP contribution in [0.5, 0.6) is 0 Å². The van der Waals surface area contributed by atoms with Gasteiger partial charge in [0.2, 0.25) is 0 Å². The van der Waals surface area contributed by atoms with Gasteiger partial charge in [-0.1, -0.05) is 25.8 Å². The van der Waals surface area contributed by atoms with Crippen molar-refractivity contribution in [2.75, 3.05) is 18.4 Å². The third kappa shape index (κ3) is 2.97. The summed E-state index contributed by atoms with van der Waals surface area (Å²) in [6.45, 7) is 4.13. The molecule has 1 saturated carbocycles. The Labute approximate surface area is 121 Å². The molecule has 1 aliphatic heterocycles. The molecule has 0 aromatic heterocycles. The lowest BCUT2D eigenvalue weighted by atomic mass is 9.82. The fraction of sp³-hybridized carbons (Fsp3) is 0.588. The zero-order valence-corrected chi connectivity index (χ0v) is 12.2. The number of fused-ring (bicyclic) bond motifs is 1. The van der Waals surface area contributed by atoms with Crippen molar-refractivity contribution in [2.24, 2.45) is 11.8 Å². The summed E-state index contributed by atoms with van der Waals surface area (Å²) in [6.07, 6.45) is 6.24. The van der Waals surface area contributed by atoms with Crippen molar-refractivity contribution < 1.29 is 4.79 Å². The Balaban J connectivity index is 1.56. The Kier molecular flexibility index (Phi) is 3.95. The molecular formula is C17H24N2O. The molecule has 1 aromatic carbocycles. The summed E-state index contributed by atoms with van der Waals surface area (Å²) < 4.78 is 0.